The topological polar surface area (TPSA) is 75.7 Å². The molecule has 0 aromatic carbocycles. The molecule has 0 amide bonds. The molecule has 1 saturated carbocycles. The number of rotatable bonds is 5. The molecule has 1 aromatic rings. The van der Waals surface area contributed by atoms with Crippen LogP contribution in [-0.4, -0.2) is 39.4 Å². The van der Waals surface area contributed by atoms with Gasteiger partial charge in [0, 0.05) is 18.1 Å². The first-order chi connectivity index (χ1) is 7.64. The lowest BCUT2D eigenvalue weighted by molar-refractivity contribution is -0.114. The van der Waals surface area contributed by atoms with Crippen molar-refractivity contribution in [2.75, 3.05) is 6.61 Å². The first-order valence-corrected chi connectivity index (χ1v) is 5.72. The van der Waals surface area contributed by atoms with E-state index in [2.05, 4.69) is 39.8 Å². The van der Waals surface area contributed by atoms with Crippen molar-refractivity contribution in [2.24, 2.45) is 5.41 Å². The average molecular weight is 225 g/mol. The monoisotopic (exact) mass is 225 g/mol. The fourth-order valence-electron chi connectivity index (χ4n) is 2.19. The van der Waals surface area contributed by atoms with Crippen molar-refractivity contribution in [1.29, 1.82) is 0 Å². The van der Waals surface area contributed by atoms with Crippen LogP contribution in [0.2, 0.25) is 0 Å². The van der Waals surface area contributed by atoms with Crippen LogP contribution >= 0.6 is 0 Å². The number of nitrogens with one attached hydrogen (secondary N) is 2. The van der Waals surface area contributed by atoms with Crippen molar-refractivity contribution in [3.63, 3.8) is 0 Å². The van der Waals surface area contributed by atoms with Crippen molar-refractivity contribution < 1.29 is 4.74 Å². The zero-order valence-corrected chi connectivity index (χ0v) is 10.0. The van der Waals surface area contributed by atoms with E-state index >= 15 is 0 Å². The van der Waals surface area contributed by atoms with Crippen LogP contribution in [0.5, 0.6) is 0 Å². The normalized spacial score (nSPS) is 27.7. The van der Waals surface area contributed by atoms with Crippen LogP contribution < -0.4 is 5.32 Å². The molecule has 6 heteroatoms. The van der Waals surface area contributed by atoms with Gasteiger partial charge in [-0.15, -0.1) is 10.2 Å². The molecular weight excluding hydrogens is 206 g/mol. The summed E-state index contributed by atoms with van der Waals surface area (Å²) in [6.45, 7) is 7.93. The van der Waals surface area contributed by atoms with Crippen LogP contribution in [0.1, 0.15) is 33.0 Å². The number of nitrogens with zero attached hydrogens (tertiary/aromatic N) is 3. The van der Waals surface area contributed by atoms with Crippen molar-refractivity contribution in [1.82, 2.24) is 25.9 Å². The second kappa shape index (κ2) is 4.47. The minimum Gasteiger partial charge on any atom is -0.378 e. The molecule has 6 nitrogen and oxygen atoms in total. The first kappa shape index (κ1) is 11.5. The average Bonchev–Trinajstić information content (AvgIpc) is 2.75. The van der Waals surface area contributed by atoms with E-state index in [4.69, 9.17) is 4.74 Å². The van der Waals surface area contributed by atoms with E-state index in [-0.39, 0.29) is 5.41 Å². The summed E-state index contributed by atoms with van der Waals surface area (Å²) in [7, 11) is 0. The highest BCUT2D eigenvalue weighted by molar-refractivity contribution is 5.03. The van der Waals surface area contributed by atoms with Gasteiger partial charge in [0.1, 0.15) is 0 Å². The third-order valence-electron chi connectivity index (χ3n) is 3.44. The molecule has 0 bridgehead atoms. The van der Waals surface area contributed by atoms with Crippen LogP contribution in [0.25, 0.3) is 0 Å². The zero-order valence-electron chi connectivity index (χ0n) is 10.0. The Labute approximate surface area is 95.1 Å². The molecule has 1 aromatic heterocycles. The summed E-state index contributed by atoms with van der Waals surface area (Å²) in [6.07, 6.45) is 1.42. The molecule has 1 heterocycles. The fraction of sp³-hybridized carbons (Fsp3) is 0.900. The lowest BCUT2D eigenvalue weighted by Crippen LogP contribution is -2.60. The highest BCUT2D eigenvalue weighted by Crippen LogP contribution is 2.42. The Hall–Kier alpha value is -1.01. The quantitative estimate of drug-likeness (QED) is 0.763. The fourth-order valence-corrected chi connectivity index (χ4v) is 2.19. The molecule has 2 rings (SSSR count). The number of tetrazole rings is 1. The van der Waals surface area contributed by atoms with E-state index in [1.54, 1.807) is 0 Å². The van der Waals surface area contributed by atoms with Crippen molar-refractivity contribution in [2.45, 2.75) is 45.9 Å². The van der Waals surface area contributed by atoms with Gasteiger partial charge in [-0.2, -0.15) is 5.21 Å². The second-order valence-electron chi connectivity index (χ2n) is 4.76. The molecule has 0 aliphatic heterocycles. The van der Waals surface area contributed by atoms with Crippen molar-refractivity contribution in [3.8, 4) is 0 Å². The molecule has 0 radical (unpaired) electrons. The van der Waals surface area contributed by atoms with Crippen LogP contribution in [0.4, 0.5) is 0 Å². The zero-order chi connectivity index (χ0) is 11.6. The van der Waals surface area contributed by atoms with Gasteiger partial charge < -0.3 is 10.1 Å². The third kappa shape index (κ3) is 2.08. The standard InChI is InChI=1S/C10H19N5O/c1-4-16-8-5-7(10(8,2)3)11-6-9-12-14-15-13-9/h7-8,11H,4-6H2,1-3H3,(H,12,13,14,15). The molecule has 1 aliphatic carbocycles. The van der Waals surface area contributed by atoms with Gasteiger partial charge in [-0.3, -0.25) is 0 Å². The maximum absolute atomic E-state index is 5.67. The highest BCUT2D eigenvalue weighted by atomic mass is 16.5. The number of hydrogen-bond donors (Lipinski definition) is 2. The Kier molecular flexibility index (Phi) is 3.20. The van der Waals surface area contributed by atoms with Gasteiger partial charge in [0.2, 0.25) is 0 Å². The van der Waals surface area contributed by atoms with Gasteiger partial charge >= 0.3 is 0 Å². The van der Waals surface area contributed by atoms with E-state index in [1.165, 1.54) is 0 Å². The summed E-state index contributed by atoms with van der Waals surface area (Å²) in [5, 5.41) is 17.2. The van der Waals surface area contributed by atoms with Gasteiger partial charge in [-0.1, -0.05) is 19.1 Å². The summed E-state index contributed by atoms with van der Waals surface area (Å²) in [4.78, 5) is 0. The number of ether oxygens (including phenoxy) is 1. The molecule has 1 fully saturated rings. The third-order valence-corrected chi connectivity index (χ3v) is 3.44. The molecule has 0 spiro atoms. The molecule has 2 unspecified atom stereocenters. The lowest BCUT2D eigenvalue weighted by Gasteiger charge is -2.51. The highest BCUT2D eigenvalue weighted by Gasteiger charge is 2.48. The summed E-state index contributed by atoms with van der Waals surface area (Å²) in [5.74, 6) is 0.704. The molecule has 16 heavy (non-hydrogen) atoms. The number of hydrogen-bond acceptors (Lipinski definition) is 5. The van der Waals surface area contributed by atoms with E-state index < -0.39 is 0 Å². The maximum atomic E-state index is 5.67. The van der Waals surface area contributed by atoms with Gasteiger partial charge in [-0.25, -0.2) is 0 Å². The van der Waals surface area contributed by atoms with Crippen LogP contribution in [0.3, 0.4) is 0 Å². The van der Waals surface area contributed by atoms with Gasteiger partial charge in [0.25, 0.3) is 0 Å². The van der Waals surface area contributed by atoms with Crippen LogP contribution in [-0.2, 0) is 11.3 Å². The number of aromatic nitrogens is 4. The molecule has 1 aliphatic rings. The minimum atomic E-state index is 0.180. The van der Waals surface area contributed by atoms with Gasteiger partial charge in [0.05, 0.1) is 12.6 Å². The van der Waals surface area contributed by atoms with E-state index in [0.717, 1.165) is 13.0 Å². The van der Waals surface area contributed by atoms with Gasteiger partial charge in [0.15, 0.2) is 5.82 Å². The predicted molar refractivity (Wildman–Crippen MR) is 58.6 cm³/mol. The SMILES string of the molecule is CCOC1CC(NCc2nn[nH]n2)C1(C)C. The maximum Gasteiger partial charge on any atom is 0.188 e. The summed E-state index contributed by atoms with van der Waals surface area (Å²) in [6, 6.07) is 0.461. The summed E-state index contributed by atoms with van der Waals surface area (Å²) < 4.78 is 5.67. The molecular formula is C10H19N5O. The smallest absolute Gasteiger partial charge is 0.188 e. The van der Waals surface area contributed by atoms with Crippen molar-refractivity contribution >= 4 is 0 Å². The summed E-state index contributed by atoms with van der Waals surface area (Å²) >= 11 is 0. The van der Waals surface area contributed by atoms with Crippen LogP contribution in [0.15, 0.2) is 0 Å². The first-order valence-electron chi connectivity index (χ1n) is 5.72. The molecule has 2 atom stereocenters. The Morgan fingerprint density at radius 1 is 1.56 bits per heavy atom. The number of aromatic amines is 1. The number of H-pyrrole nitrogens is 1. The van der Waals surface area contributed by atoms with E-state index in [1.807, 2.05) is 6.92 Å². The van der Waals surface area contributed by atoms with Crippen molar-refractivity contribution in [3.05, 3.63) is 5.82 Å². The summed E-state index contributed by atoms with van der Waals surface area (Å²) in [5.41, 5.74) is 0.180. The Balaban J connectivity index is 1.80. The van der Waals surface area contributed by atoms with Crippen LogP contribution in [0, 0.1) is 5.41 Å². The van der Waals surface area contributed by atoms with E-state index in [0.29, 0.717) is 24.5 Å². The largest absolute Gasteiger partial charge is 0.378 e. The lowest BCUT2D eigenvalue weighted by atomic mass is 9.64. The predicted octanol–water partition coefficient (Wildman–Crippen LogP) is 0.493. The second-order valence-corrected chi connectivity index (χ2v) is 4.76. The van der Waals surface area contributed by atoms with E-state index in [9.17, 15) is 0 Å². The molecule has 0 saturated heterocycles. The Morgan fingerprint density at radius 3 is 2.94 bits per heavy atom. The van der Waals surface area contributed by atoms with Gasteiger partial charge in [-0.05, 0) is 13.3 Å². The molecule has 90 valence electrons. The molecule has 2 N–H and O–H groups in total. The Bertz CT molecular complexity index is 324. The minimum absolute atomic E-state index is 0.180. The Morgan fingerprint density at radius 2 is 2.38 bits per heavy atom.